The summed E-state index contributed by atoms with van der Waals surface area (Å²) in [5.74, 6) is -0.210. The van der Waals surface area contributed by atoms with Crippen LogP contribution in [0.4, 0.5) is 11.4 Å². The number of aryl methyl sites for hydroxylation is 1. The summed E-state index contributed by atoms with van der Waals surface area (Å²) in [5.41, 5.74) is 2.13. The minimum atomic E-state index is -3.76. The highest BCUT2D eigenvalue weighted by Gasteiger charge is 2.18. The van der Waals surface area contributed by atoms with Crippen LogP contribution in [0.2, 0.25) is 0 Å². The third-order valence-corrected chi connectivity index (χ3v) is 5.23. The molecule has 0 fully saturated rings. The molecular weight excluding hydrogens is 336 g/mol. The minimum Gasteiger partial charge on any atom is -0.326 e. The van der Waals surface area contributed by atoms with Gasteiger partial charge in [0.1, 0.15) is 0 Å². The summed E-state index contributed by atoms with van der Waals surface area (Å²) in [6.07, 6.45) is 0. The van der Waals surface area contributed by atoms with Gasteiger partial charge in [-0.15, -0.1) is 0 Å². The van der Waals surface area contributed by atoms with Crippen molar-refractivity contribution in [1.29, 1.82) is 0 Å². The number of rotatable bonds is 4. The van der Waals surface area contributed by atoms with Crippen LogP contribution in [0, 0.1) is 6.92 Å². The fourth-order valence-corrected chi connectivity index (χ4v) is 3.93. The van der Waals surface area contributed by atoms with E-state index < -0.39 is 10.0 Å². The lowest BCUT2D eigenvalue weighted by atomic mass is 10.1. The van der Waals surface area contributed by atoms with Gasteiger partial charge in [0.2, 0.25) is 5.91 Å². The molecule has 5 nitrogen and oxygen atoms in total. The van der Waals surface area contributed by atoms with Gasteiger partial charge in [0.05, 0.1) is 4.90 Å². The van der Waals surface area contributed by atoms with Crippen molar-refractivity contribution in [2.24, 2.45) is 0 Å². The molecule has 2 N–H and O–H groups in total. The second-order valence-electron chi connectivity index (χ2n) is 5.81. The summed E-state index contributed by atoms with van der Waals surface area (Å²) < 4.78 is 28.3. The maximum absolute atomic E-state index is 12.8. The molecule has 0 unspecified atom stereocenters. The lowest BCUT2D eigenvalue weighted by molar-refractivity contribution is -0.114. The molecule has 1 amide bonds. The van der Waals surface area contributed by atoms with Crippen molar-refractivity contribution in [2.75, 3.05) is 10.0 Å². The van der Waals surface area contributed by atoms with Gasteiger partial charge in [0.15, 0.2) is 0 Å². The highest BCUT2D eigenvalue weighted by molar-refractivity contribution is 7.93. The number of hydrogen-bond donors (Lipinski definition) is 2. The summed E-state index contributed by atoms with van der Waals surface area (Å²) in [5, 5.41) is 3.95. The van der Waals surface area contributed by atoms with Gasteiger partial charge in [0, 0.05) is 29.1 Å². The van der Waals surface area contributed by atoms with Gasteiger partial charge in [-0.2, -0.15) is 0 Å². The van der Waals surface area contributed by atoms with Crippen LogP contribution in [0.1, 0.15) is 12.5 Å². The quantitative estimate of drug-likeness (QED) is 0.746. The van der Waals surface area contributed by atoms with Gasteiger partial charge < -0.3 is 5.32 Å². The fraction of sp³-hybridized carbons (Fsp3) is 0.105. The topological polar surface area (TPSA) is 75.3 Å². The van der Waals surface area contributed by atoms with E-state index in [1.54, 1.807) is 48.5 Å². The first-order valence-corrected chi connectivity index (χ1v) is 9.24. The van der Waals surface area contributed by atoms with Gasteiger partial charge in [-0.1, -0.05) is 42.0 Å². The zero-order valence-electron chi connectivity index (χ0n) is 13.9. The largest absolute Gasteiger partial charge is 0.326 e. The van der Waals surface area contributed by atoms with Crippen LogP contribution in [0.25, 0.3) is 10.8 Å². The van der Waals surface area contributed by atoms with Gasteiger partial charge in [-0.05, 0) is 31.2 Å². The number of anilines is 2. The number of nitrogens with one attached hydrogen (secondary N) is 2. The van der Waals surface area contributed by atoms with E-state index >= 15 is 0 Å². The van der Waals surface area contributed by atoms with Gasteiger partial charge in [-0.25, -0.2) is 8.42 Å². The van der Waals surface area contributed by atoms with Crippen molar-refractivity contribution < 1.29 is 13.2 Å². The van der Waals surface area contributed by atoms with Crippen LogP contribution in [0.5, 0.6) is 0 Å². The Kier molecular flexibility index (Phi) is 4.46. The molecule has 0 saturated carbocycles. The summed E-state index contributed by atoms with van der Waals surface area (Å²) in [7, 11) is -3.76. The van der Waals surface area contributed by atoms with E-state index in [1.165, 1.54) is 6.92 Å². The Morgan fingerprint density at radius 3 is 2.20 bits per heavy atom. The van der Waals surface area contributed by atoms with Crippen molar-refractivity contribution in [2.45, 2.75) is 18.7 Å². The zero-order chi connectivity index (χ0) is 18.0. The van der Waals surface area contributed by atoms with Crippen molar-refractivity contribution in [3.05, 3.63) is 66.2 Å². The average Bonchev–Trinajstić information content (AvgIpc) is 2.56. The molecule has 3 rings (SSSR count). The summed E-state index contributed by atoms with van der Waals surface area (Å²) in [6, 6.07) is 17.3. The van der Waals surface area contributed by atoms with Crippen LogP contribution in [-0.2, 0) is 14.8 Å². The highest BCUT2D eigenvalue weighted by atomic mass is 32.2. The lowest BCUT2D eigenvalue weighted by Gasteiger charge is -2.13. The van der Waals surface area contributed by atoms with Crippen LogP contribution in [0.3, 0.4) is 0 Å². The second kappa shape index (κ2) is 6.57. The third kappa shape index (κ3) is 3.64. The Bertz CT molecular complexity index is 1040. The molecule has 0 atom stereocenters. The van der Waals surface area contributed by atoms with E-state index in [9.17, 15) is 13.2 Å². The minimum absolute atomic E-state index is 0.165. The molecule has 0 aromatic heterocycles. The van der Waals surface area contributed by atoms with E-state index in [1.807, 2.05) is 19.1 Å². The number of carbonyl (C=O) groups is 1. The van der Waals surface area contributed by atoms with Gasteiger partial charge >= 0.3 is 0 Å². The van der Waals surface area contributed by atoms with Crippen LogP contribution < -0.4 is 10.0 Å². The third-order valence-electron chi connectivity index (χ3n) is 3.79. The standard InChI is InChI=1S/C19H18N2O3S/c1-13-9-11-15(12-10-13)21-25(23,24)19-8-4-5-16-17(19)6-3-7-18(16)20-14(2)22/h3-12,21H,1-2H3,(H,20,22). The first-order valence-electron chi connectivity index (χ1n) is 7.76. The number of carbonyl (C=O) groups excluding carboxylic acids is 1. The predicted molar refractivity (Wildman–Crippen MR) is 100 cm³/mol. The van der Waals surface area contributed by atoms with E-state index in [0.717, 1.165) is 5.56 Å². The zero-order valence-corrected chi connectivity index (χ0v) is 14.7. The normalized spacial score (nSPS) is 11.3. The van der Waals surface area contributed by atoms with Crippen molar-refractivity contribution in [3.8, 4) is 0 Å². The Balaban J connectivity index is 2.08. The summed E-state index contributed by atoms with van der Waals surface area (Å²) >= 11 is 0. The van der Waals surface area contributed by atoms with Gasteiger partial charge in [0.25, 0.3) is 10.0 Å². The van der Waals surface area contributed by atoms with E-state index in [2.05, 4.69) is 10.0 Å². The Morgan fingerprint density at radius 2 is 1.52 bits per heavy atom. The molecule has 0 bridgehead atoms. The smallest absolute Gasteiger partial charge is 0.262 e. The summed E-state index contributed by atoms with van der Waals surface area (Å²) in [6.45, 7) is 3.35. The Labute approximate surface area is 146 Å². The predicted octanol–water partition coefficient (Wildman–Crippen LogP) is 3.91. The Hall–Kier alpha value is -2.86. The molecule has 6 heteroatoms. The van der Waals surface area contributed by atoms with Crippen LogP contribution >= 0.6 is 0 Å². The number of hydrogen-bond acceptors (Lipinski definition) is 3. The van der Waals surface area contributed by atoms with E-state index in [0.29, 0.717) is 22.1 Å². The molecule has 0 saturated heterocycles. The fourth-order valence-electron chi connectivity index (χ4n) is 2.65. The molecule has 0 radical (unpaired) electrons. The van der Waals surface area contributed by atoms with Crippen LogP contribution in [0.15, 0.2) is 65.6 Å². The van der Waals surface area contributed by atoms with Crippen molar-refractivity contribution in [1.82, 2.24) is 0 Å². The highest BCUT2D eigenvalue weighted by Crippen LogP contribution is 2.30. The molecule has 0 spiro atoms. The maximum Gasteiger partial charge on any atom is 0.262 e. The molecule has 3 aromatic rings. The molecule has 0 aliphatic rings. The molecule has 0 aliphatic heterocycles. The van der Waals surface area contributed by atoms with E-state index in [4.69, 9.17) is 0 Å². The molecular formula is C19H18N2O3S. The number of amides is 1. The number of sulfonamides is 1. The average molecular weight is 354 g/mol. The van der Waals surface area contributed by atoms with Gasteiger partial charge in [-0.3, -0.25) is 9.52 Å². The number of fused-ring (bicyclic) bond motifs is 1. The maximum atomic E-state index is 12.8. The first kappa shape index (κ1) is 17.0. The monoisotopic (exact) mass is 354 g/mol. The van der Waals surface area contributed by atoms with E-state index in [-0.39, 0.29) is 10.8 Å². The molecule has 0 aliphatic carbocycles. The SMILES string of the molecule is CC(=O)Nc1cccc2c(S(=O)(=O)Nc3ccc(C)cc3)cccc12. The molecule has 128 valence electrons. The number of benzene rings is 3. The van der Waals surface area contributed by atoms with Crippen LogP contribution in [-0.4, -0.2) is 14.3 Å². The van der Waals surface area contributed by atoms with Crippen molar-refractivity contribution in [3.63, 3.8) is 0 Å². The Morgan fingerprint density at radius 1 is 0.880 bits per heavy atom. The molecule has 3 aromatic carbocycles. The molecule has 25 heavy (non-hydrogen) atoms. The second-order valence-corrected chi connectivity index (χ2v) is 7.46. The lowest BCUT2D eigenvalue weighted by Crippen LogP contribution is -2.13. The summed E-state index contributed by atoms with van der Waals surface area (Å²) in [4.78, 5) is 11.5. The first-order chi connectivity index (χ1) is 11.9. The molecule has 0 heterocycles. The van der Waals surface area contributed by atoms with Crippen molar-refractivity contribution >= 4 is 38.1 Å².